The predicted octanol–water partition coefficient (Wildman–Crippen LogP) is 24.0. The molecule has 0 heterocycles. The first-order valence-electron chi connectivity index (χ1n) is 34.7. The highest BCUT2D eigenvalue weighted by molar-refractivity contribution is 5.71. The summed E-state index contributed by atoms with van der Waals surface area (Å²) in [5, 5.41) is 0. The summed E-state index contributed by atoms with van der Waals surface area (Å²) in [6.07, 6.45) is 92.9. The van der Waals surface area contributed by atoms with Crippen LogP contribution in [0.25, 0.3) is 0 Å². The summed E-state index contributed by atoms with van der Waals surface area (Å²) in [5.41, 5.74) is 0. The van der Waals surface area contributed by atoms with Crippen molar-refractivity contribution in [1.82, 2.24) is 0 Å². The fraction of sp³-hybridized carbons (Fsp3) is 0.747. The fourth-order valence-corrected chi connectivity index (χ4v) is 9.85. The first-order chi connectivity index (χ1) is 40.0. The van der Waals surface area contributed by atoms with Crippen LogP contribution in [-0.2, 0) is 28.6 Å². The Morgan fingerprint density at radius 1 is 0.259 bits per heavy atom. The van der Waals surface area contributed by atoms with E-state index in [1.54, 1.807) is 0 Å². The molecule has 81 heavy (non-hydrogen) atoms. The van der Waals surface area contributed by atoms with Crippen LogP contribution in [0.1, 0.15) is 342 Å². The molecule has 466 valence electrons. The molecule has 0 fully saturated rings. The summed E-state index contributed by atoms with van der Waals surface area (Å²) in [7, 11) is 0. The lowest BCUT2D eigenvalue weighted by atomic mass is 10.0. The Hall–Kier alpha value is -3.67. The minimum atomic E-state index is -0.790. The van der Waals surface area contributed by atoms with E-state index in [1.807, 2.05) is 0 Å². The molecule has 0 radical (unpaired) electrons. The zero-order valence-electron chi connectivity index (χ0n) is 53.5. The van der Waals surface area contributed by atoms with Gasteiger partial charge in [0.15, 0.2) is 6.10 Å². The Morgan fingerprint density at radius 2 is 0.481 bits per heavy atom. The number of hydrogen-bond acceptors (Lipinski definition) is 6. The standard InChI is InChI=1S/C75H130O6/c1-4-7-10-13-16-19-22-25-27-29-31-32-33-34-35-36-37-38-39-40-41-42-44-45-47-50-53-56-59-62-65-68-74(77)80-71-72(70-79-73(76)67-64-61-58-55-52-49-24-21-18-15-12-9-6-3)81-75(78)69-66-63-60-57-54-51-48-46-43-30-28-26-23-20-17-14-11-8-5-2/h8,11,17,20-22,24-26,28-29,31,33-34,43,46,72H,4-7,9-10,12-16,18-19,23,27,30,32,35-42,44-45,47-71H2,1-3H3/b11-8-,20-17-,24-21-,25-22-,28-26-,31-29-,34-33-,46-43-. The maximum Gasteiger partial charge on any atom is 0.306 e. The third kappa shape index (κ3) is 67.0. The summed E-state index contributed by atoms with van der Waals surface area (Å²) < 4.78 is 16.9. The lowest BCUT2D eigenvalue weighted by Crippen LogP contribution is -2.30. The Morgan fingerprint density at radius 3 is 0.778 bits per heavy atom. The molecule has 6 nitrogen and oxygen atoms in total. The number of esters is 3. The molecule has 6 heteroatoms. The molecular weight excluding hydrogens is 997 g/mol. The molecule has 0 aromatic heterocycles. The van der Waals surface area contributed by atoms with Crippen molar-refractivity contribution in [3.63, 3.8) is 0 Å². The van der Waals surface area contributed by atoms with E-state index in [4.69, 9.17) is 14.2 Å². The quantitative estimate of drug-likeness (QED) is 0.0261. The molecule has 0 rings (SSSR count). The number of rotatable bonds is 63. The minimum absolute atomic E-state index is 0.0842. The van der Waals surface area contributed by atoms with E-state index in [1.165, 1.54) is 186 Å². The second-order valence-electron chi connectivity index (χ2n) is 23.1. The highest BCUT2D eigenvalue weighted by Gasteiger charge is 2.19. The smallest absolute Gasteiger partial charge is 0.306 e. The van der Waals surface area contributed by atoms with E-state index in [0.717, 1.165) is 116 Å². The van der Waals surface area contributed by atoms with E-state index in [-0.39, 0.29) is 31.1 Å². The summed E-state index contributed by atoms with van der Waals surface area (Å²) in [4.78, 5) is 38.4. The summed E-state index contributed by atoms with van der Waals surface area (Å²) in [6.45, 7) is 6.51. The van der Waals surface area contributed by atoms with Gasteiger partial charge < -0.3 is 14.2 Å². The van der Waals surface area contributed by atoms with Gasteiger partial charge in [-0.3, -0.25) is 14.4 Å². The van der Waals surface area contributed by atoms with Crippen LogP contribution in [0.2, 0.25) is 0 Å². The minimum Gasteiger partial charge on any atom is -0.462 e. The van der Waals surface area contributed by atoms with Gasteiger partial charge in [-0.15, -0.1) is 0 Å². The van der Waals surface area contributed by atoms with Gasteiger partial charge in [-0.05, 0) is 122 Å². The second-order valence-corrected chi connectivity index (χ2v) is 23.1. The molecule has 0 aliphatic rings. The molecule has 0 bridgehead atoms. The van der Waals surface area contributed by atoms with Crippen molar-refractivity contribution in [2.45, 2.75) is 348 Å². The zero-order chi connectivity index (χ0) is 58.5. The largest absolute Gasteiger partial charge is 0.462 e. The number of hydrogen-bond donors (Lipinski definition) is 0. The second kappa shape index (κ2) is 68.8. The number of allylic oxidation sites excluding steroid dienone is 16. The van der Waals surface area contributed by atoms with Crippen molar-refractivity contribution in [2.75, 3.05) is 13.2 Å². The van der Waals surface area contributed by atoms with Crippen molar-refractivity contribution in [3.8, 4) is 0 Å². The molecule has 0 aliphatic carbocycles. The van der Waals surface area contributed by atoms with Crippen LogP contribution < -0.4 is 0 Å². The maximum absolute atomic E-state index is 12.9. The molecule has 0 amide bonds. The molecule has 0 aromatic carbocycles. The highest BCUT2D eigenvalue weighted by Crippen LogP contribution is 2.17. The van der Waals surface area contributed by atoms with Crippen LogP contribution in [0.4, 0.5) is 0 Å². The van der Waals surface area contributed by atoms with Crippen LogP contribution in [0.3, 0.4) is 0 Å². The summed E-state index contributed by atoms with van der Waals surface area (Å²) >= 11 is 0. The molecule has 1 atom stereocenters. The number of carbonyl (C=O) groups excluding carboxylic acids is 3. The molecule has 0 aliphatic heterocycles. The summed E-state index contributed by atoms with van der Waals surface area (Å²) in [5.74, 6) is -0.895. The molecule has 0 spiro atoms. The third-order valence-electron chi connectivity index (χ3n) is 15.0. The Kier molecular flexibility index (Phi) is 65.7. The first-order valence-corrected chi connectivity index (χ1v) is 34.7. The van der Waals surface area contributed by atoms with Gasteiger partial charge in [-0.25, -0.2) is 0 Å². The normalized spacial score (nSPS) is 12.7. The topological polar surface area (TPSA) is 78.9 Å². The average molecular weight is 1130 g/mol. The highest BCUT2D eigenvalue weighted by atomic mass is 16.6. The van der Waals surface area contributed by atoms with Crippen LogP contribution >= 0.6 is 0 Å². The van der Waals surface area contributed by atoms with Gasteiger partial charge in [0.05, 0.1) is 0 Å². The molecule has 0 saturated carbocycles. The Bertz CT molecular complexity index is 1580. The van der Waals surface area contributed by atoms with Gasteiger partial charge in [0.2, 0.25) is 0 Å². The van der Waals surface area contributed by atoms with E-state index in [2.05, 4.69) is 118 Å². The van der Waals surface area contributed by atoms with Crippen molar-refractivity contribution in [3.05, 3.63) is 97.2 Å². The maximum atomic E-state index is 12.9. The molecule has 0 N–H and O–H groups in total. The molecule has 0 aromatic rings. The van der Waals surface area contributed by atoms with E-state index >= 15 is 0 Å². The van der Waals surface area contributed by atoms with E-state index < -0.39 is 6.10 Å². The number of unbranched alkanes of at least 4 members (excludes halogenated alkanes) is 36. The zero-order valence-corrected chi connectivity index (χ0v) is 53.5. The Labute approximate surface area is 502 Å². The SMILES string of the molecule is CC/C=C\C/C=C\C/C=C\C/C=C\CCCCCCCCC(=O)OC(COC(=O)CCCCCCC/C=C\CCCCCC)COC(=O)CCCCCCCCCCCCCCCCCC/C=C\C/C=C\C/C=C\CCCCCCC. The van der Waals surface area contributed by atoms with E-state index in [0.29, 0.717) is 19.3 Å². The van der Waals surface area contributed by atoms with Crippen molar-refractivity contribution in [1.29, 1.82) is 0 Å². The predicted molar refractivity (Wildman–Crippen MR) is 353 cm³/mol. The van der Waals surface area contributed by atoms with Gasteiger partial charge in [0.1, 0.15) is 13.2 Å². The monoisotopic (exact) mass is 1130 g/mol. The molecular formula is C75H130O6. The molecule has 0 saturated heterocycles. The van der Waals surface area contributed by atoms with Gasteiger partial charge in [0, 0.05) is 19.3 Å². The first kappa shape index (κ1) is 77.3. The van der Waals surface area contributed by atoms with Gasteiger partial charge in [-0.2, -0.15) is 0 Å². The third-order valence-corrected chi connectivity index (χ3v) is 15.0. The van der Waals surface area contributed by atoms with Crippen molar-refractivity contribution in [2.24, 2.45) is 0 Å². The number of carbonyl (C=O) groups is 3. The van der Waals surface area contributed by atoms with Crippen LogP contribution in [0.15, 0.2) is 97.2 Å². The lowest BCUT2D eigenvalue weighted by molar-refractivity contribution is -0.167. The Balaban J connectivity index is 4.23. The fourth-order valence-electron chi connectivity index (χ4n) is 9.85. The van der Waals surface area contributed by atoms with Crippen LogP contribution in [0, 0.1) is 0 Å². The lowest BCUT2D eigenvalue weighted by Gasteiger charge is -2.18. The summed E-state index contributed by atoms with van der Waals surface area (Å²) in [6, 6.07) is 0. The van der Waals surface area contributed by atoms with Gasteiger partial charge >= 0.3 is 17.9 Å². The number of ether oxygens (including phenoxy) is 3. The average Bonchev–Trinajstić information content (AvgIpc) is 3.46. The van der Waals surface area contributed by atoms with Crippen molar-refractivity contribution < 1.29 is 28.6 Å². The van der Waals surface area contributed by atoms with Crippen molar-refractivity contribution >= 4 is 17.9 Å². The van der Waals surface area contributed by atoms with Crippen LogP contribution in [-0.4, -0.2) is 37.2 Å². The van der Waals surface area contributed by atoms with Crippen LogP contribution in [0.5, 0.6) is 0 Å². The van der Waals surface area contributed by atoms with E-state index in [9.17, 15) is 14.4 Å². The van der Waals surface area contributed by atoms with Gasteiger partial charge in [-0.1, -0.05) is 298 Å². The van der Waals surface area contributed by atoms with Gasteiger partial charge in [0.25, 0.3) is 0 Å². The molecule has 1 unspecified atom stereocenters.